The third-order valence-electron chi connectivity index (χ3n) is 4.89. The highest BCUT2D eigenvalue weighted by atomic mass is 16.3. The molecule has 1 aromatic rings. The summed E-state index contributed by atoms with van der Waals surface area (Å²) in [6, 6.07) is 7.89. The Balaban J connectivity index is 2.37. The fraction of sp³-hybridized carbons (Fsp3) is 0.647. The molecule has 0 aliphatic heterocycles. The van der Waals surface area contributed by atoms with E-state index in [1.165, 1.54) is 24.8 Å². The van der Waals surface area contributed by atoms with Gasteiger partial charge < -0.3 is 5.11 Å². The normalized spacial score (nSPS) is 32.7. The molecule has 0 amide bonds. The van der Waals surface area contributed by atoms with E-state index < -0.39 is 0 Å². The number of phenolic OH excluding ortho intramolecular Hbond substituents is 1. The molecule has 0 heterocycles. The van der Waals surface area contributed by atoms with E-state index in [1.807, 2.05) is 12.1 Å². The Morgan fingerprint density at radius 1 is 1.17 bits per heavy atom. The summed E-state index contributed by atoms with van der Waals surface area (Å²) in [6.07, 6.45) is 3.95. The molecular formula is C17H26O. The molecule has 0 saturated heterocycles. The van der Waals surface area contributed by atoms with Crippen molar-refractivity contribution >= 4 is 0 Å². The number of benzene rings is 1. The summed E-state index contributed by atoms with van der Waals surface area (Å²) < 4.78 is 0. The van der Waals surface area contributed by atoms with Crippen molar-refractivity contribution in [1.82, 2.24) is 0 Å². The second kappa shape index (κ2) is 4.95. The van der Waals surface area contributed by atoms with Gasteiger partial charge >= 0.3 is 0 Å². The first kappa shape index (κ1) is 13.5. The van der Waals surface area contributed by atoms with Gasteiger partial charge in [0.1, 0.15) is 5.75 Å². The molecule has 18 heavy (non-hydrogen) atoms. The average molecular weight is 246 g/mol. The minimum absolute atomic E-state index is 0.263. The zero-order valence-electron chi connectivity index (χ0n) is 12.1. The van der Waals surface area contributed by atoms with Crippen LogP contribution in [0.2, 0.25) is 0 Å². The number of hydrogen-bond donors (Lipinski definition) is 1. The number of rotatable bonds is 2. The summed E-state index contributed by atoms with van der Waals surface area (Å²) in [7, 11) is 0. The third-order valence-corrected chi connectivity index (χ3v) is 4.89. The van der Waals surface area contributed by atoms with Crippen LogP contribution in [0.25, 0.3) is 0 Å². The standard InChI is InChI=1S/C17H26O/c1-12(2)16-10-5-13(3)11-17(16,4)14-6-8-15(18)9-7-14/h6-9,12-13,16,18H,5,10-11H2,1-4H3/t13-,16+,17+/m1/s1. The Morgan fingerprint density at radius 2 is 1.78 bits per heavy atom. The van der Waals surface area contributed by atoms with Crippen molar-refractivity contribution in [3.05, 3.63) is 29.8 Å². The molecule has 0 unspecified atom stereocenters. The van der Waals surface area contributed by atoms with E-state index in [0.29, 0.717) is 5.75 Å². The topological polar surface area (TPSA) is 20.2 Å². The Morgan fingerprint density at radius 3 is 2.33 bits per heavy atom. The van der Waals surface area contributed by atoms with Crippen molar-refractivity contribution in [3.8, 4) is 5.75 Å². The van der Waals surface area contributed by atoms with Crippen LogP contribution in [0.1, 0.15) is 52.5 Å². The van der Waals surface area contributed by atoms with E-state index in [4.69, 9.17) is 0 Å². The monoisotopic (exact) mass is 246 g/mol. The smallest absolute Gasteiger partial charge is 0.115 e. The number of aromatic hydroxyl groups is 1. The van der Waals surface area contributed by atoms with Gasteiger partial charge in [-0.05, 0) is 53.7 Å². The first-order valence-electron chi connectivity index (χ1n) is 7.23. The SMILES string of the molecule is CC(C)[C@@H]1CC[C@@H](C)C[C@@]1(C)c1ccc(O)cc1. The van der Waals surface area contributed by atoms with E-state index in [2.05, 4.69) is 39.8 Å². The second-order valence-corrected chi connectivity index (χ2v) is 6.70. The summed E-state index contributed by atoms with van der Waals surface area (Å²) in [6.45, 7) is 9.48. The Labute approximate surface area is 111 Å². The molecule has 1 saturated carbocycles. The molecule has 0 radical (unpaired) electrons. The lowest BCUT2D eigenvalue weighted by molar-refractivity contribution is 0.118. The number of phenols is 1. The van der Waals surface area contributed by atoms with Crippen LogP contribution in [-0.4, -0.2) is 5.11 Å². The van der Waals surface area contributed by atoms with E-state index in [9.17, 15) is 5.11 Å². The van der Waals surface area contributed by atoms with Crippen molar-refractivity contribution in [2.45, 2.75) is 52.4 Å². The van der Waals surface area contributed by atoms with E-state index >= 15 is 0 Å². The highest BCUT2D eigenvalue weighted by Gasteiger charge is 2.41. The van der Waals surface area contributed by atoms with Gasteiger partial charge in [-0.2, -0.15) is 0 Å². The van der Waals surface area contributed by atoms with Crippen LogP contribution >= 0.6 is 0 Å². The quantitative estimate of drug-likeness (QED) is 0.799. The van der Waals surface area contributed by atoms with Crippen molar-refractivity contribution in [2.75, 3.05) is 0 Å². The molecule has 0 aromatic heterocycles. The van der Waals surface area contributed by atoms with Crippen LogP contribution < -0.4 is 0 Å². The second-order valence-electron chi connectivity index (χ2n) is 6.70. The molecular weight excluding hydrogens is 220 g/mol. The van der Waals surface area contributed by atoms with E-state index in [-0.39, 0.29) is 5.41 Å². The molecule has 1 nitrogen and oxygen atoms in total. The predicted molar refractivity (Wildman–Crippen MR) is 76.8 cm³/mol. The molecule has 1 fully saturated rings. The highest BCUT2D eigenvalue weighted by Crippen LogP contribution is 2.48. The van der Waals surface area contributed by atoms with E-state index in [1.54, 1.807) is 0 Å². The van der Waals surface area contributed by atoms with Gasteiger partial charge in [0.05, 0.1) is 0 Å². The minimum Gasteiger partial charge on any atom is -0.508 e. The lowest BCUT2D eigenvalue weighted by Crippen LogP contribution is -2.40. The minimum atomic E-state index is 0.263. The van der Waals surface area contributed by atoms with Gasteiger partial charge in [-0.3, -0.25) is 0 Å². The van der Waals surface area contributed by atoms with Crippen molar-refractivity contribution in [2.24, 2.45) is 17.8 Å². The molecule has 1 aliphatic carbocycles. The van der Waals surface area contributed by atoms with Gasteiger partial charge in [0.15, 0.2) is 0 Å². The van der Waals surface area contributed by atoms with Gasteiger partial charge in [-0.25, -0.2) is 0 Å². The van der Waals surface area contributed by atoms with Crippen molar-refractivity contribution < 1.29 is 5.11 Å². The van der Waals surface area contributed by atoms with E-state index in [0.717, 1.165) is 17.8 Å². The van der Waals surface area contributed by atoms with Crippen LogP contribution in [0.5, 0.6) is 5.75 Å². The Kier molecular flexibility index (Phi) is 3.70. The third kappa shape index (κ3) is 2.41. The van der Waals surface area contributed by atoms with Crippen LogP contribution in [0.15, 0.2) is 24.3 Å². The molecule has 1 N–H and O–H groups in total. The van der Waals surface area contributed by atoms with Crippen LogP contribution in [0, 0.1) is 17.8 Å². The zero-order valence-corrected chi connectivity index (χ0v) is 12.1. The summed E-state index contributed by atoms with van der Waals surface area (Å²) in [4.78, 5) is 0. The highest BCUT2D eigenvalue weighted by molar-refractivity contribution is 5.32. The van der Waals surface area contributed by atoms with Gasteiger partial charge in [-0.15, -0.1) is 0 Å². The fourth-order valence-electron chi connectivity index (χ4n) is 4.00. The van der Waals surface area contributed by atoms with Crippen LogP contribution in [0.3, 0.4) is 0 Å². The maximum Gasteiger partial charge on any atom is 0.115 e. The first-order chi connectivity index (χ1) is 8.43. The maximum absolute atomic E-state index is 9.47. The Hall–Kier alpha value is -0.980. The van der Waals surface area contributed by atoms with Crippen molar-refractivity contribution in [3.63, 3.8) is 0 Å². The first-order valence-corrected chi connectivity index (χ1v) is 7.23. The molecule has 0 spiro atoms. The Bertz CT molecular complexity index is 393. The average Bonchev–Trinajstić information content (AvgIpc) is 2.28. The maximum atomic E-state index is 9.47. The largest absolute Gasteiger partial charge is 0.508 e. The molecule has 1 aromatic carbocycles. The van der Waals surface area contributed by atoms with Gasteiger partial charge in [-0.1, -0.05) is 46.2 Å². The van der Waals surface area contributed by atoms with Crippen LogP contribution in [0.4, 0.5) is 0 Å². The number of hydrogen-bond acceptors (Lipinski definition) is 1. The molecule has 1 heteroatoms. The van der Waals surface area contributed by atoms with Crippen molar-refractivity contribution in [1.29, 1.82) is 0 Å². The summed E-state index contributed by atoms with van der Waals surface area (Å²) in [5.41, 5.74) is 1.66. The summed E-state index contributed by atoms with van der Waals surface area (Å²) in [5.74, 6) is 2.64. The van der Waals surface area contributed by atoms with Crippen LogP contribution in [-0.2, 0) is 5.41 Å². The van der Waals surface area contributed by atoms with Gasteiger partial charge in [0.25, 0.3) is 0 Å². The molecule has 100 valence electrons. The molecule has 3 atom stereocenters. The molecule has 0 bridgehead atoms. The van der Waals surface area contributed by atoms with Gasteiger partial charge in [0.2, 0.25) is 0 Å². The fourth-order valence-corrected chi connectivity index (χ4v) is 4.00. The zero-order chi connectivity index (χ0) is 13.3. The molecule has 2 rings (SSSR count). The molecule has 1 aliphatic rings. The lowest BCUT2D eigenvalue weighted by Gasteiger charge is -2.46. The lowest BCUT2D eigenvalue weighted by atomic mass is 9.58. The summed E-state index contributed by atoms with van der Waals surface area (Å²) >= 11 is 0. The summed E-state index contributed by atoms with van der Waals surface area (Å²) in [5, 5.41) is 9.47. The predicted octanol–water partition coefficient (Wildman–Crippen LogP) is 4.74. The van der Waals surface area contributed by atoms with Gasteiger partial charge in [0, 0.05) is 0 Å².